The van der Waals surface area contributed by atoms with Crippen LogP contribution in [-0.2, 0) is 4.79 Å². The molecule has 2 aromatic carbocycles. The van der Waals surface area contributed by atoms with E-state index in [-0.39, 0.29) is 28.5 Å². The Morgan fingerprint density at radius 1 is 1.21 bits per heavy atom. The molecule has 0 spiro atoms. The molecule has 8 nitrogen and oxygen atoms in total. The summed E-state index contributed by atoms with van der Waals surface area (Å²) in [5.74, 6) is 0.120. The predicted molar refractivity (Wildman–Crippen MR) is 106 cm³/mol. The maximum atomic E-state index is 12.6. The highest BCUT2D eigenvalue weighted by Crippen LogP contribution is 2.26. The van der Waals surface area contributed by atoms with Crippen LogP contribution in [0.25, 0.3) is 11.5 Å². The Morgan fingerprint density at radius 3 is 2.71 bits per heavy atom. The number of aromatic nitrogens is 2. The highest BCUT2D eigenvalue weighted by molar-refractivity contribution is 7.99. The lowest BCUT2D eigenvalue weighted by molar-refractivity contribution is -0.384. The van der Waals surface area contributed by atoms with Crippen molar-refractivity contribution in [3.8, 4) is 11.5 Å². The monoisotopic (exact) mass is 396 g/mol. The van der Waals surface area contributed by atoms with Gasteiger partial charge >= 0.3 is 0 Å². The van der Waals surface area contributed by atoms with Gasteiger partial charge in [-0.25, -0.2) is 0 Å². The number of carbonyl (C=O) groups excluding carboxylic acids is 1. The summed E-state index contributed by atoms with van der Waals surface area (Å²) in [5, 5.41) is 18.9. The standard InChI is InChI=1S/C19H16N4O4S/c1-2-11-22(15-8-4-3-5-9-15)17(24)13-28-19-21-20-18(27-19)14-7-6-10-16(12-14)23(25)26/h2-10,12H,1,11,13H2. The first kappa shape index (κ1) is 19.3. The molecular formula is C19H16N4O4S. The molecule has 0 saturated heterocycles. The van der Waals surface area contributed by atoms with Crippen molar-refractivity contribution in [2.45, 2.75) is 5.22 Å². The summed E-state index contributed by atoms with van der Waals surface area (Å²) in [6, 6.07) is 15.2. The second kappa shape index (κ2) is 8.96. The molecule has 3 aromatic rings. The Labute approximate surface area is 165 Å². The van der Waals surface area contributed by atoms with Gasteiger partial charge in [-0.05, 0) is 18.2 Å². The Bertz CT molecular complexity index is 990. The third-order valence-corrected chi connectivity index (χ3v) is 4.51. The molecule has 0 aliphatic rings. The van der Waals surface area contributed by atoms with Gasteiger partial charge in [0.15, 0.2) is 0 Å². The molecule has 0 radical (unpaired) electrons. The summed E-state index contributed by atoms with van der Waals surface area (Å²) in [4.78, 5) is 24.6. The molecule has 3 rings (SSSR count). The number of nitrogens with zero attached hydrogens (tertiary/aromatic N) is 4. The van der Waals surface area contributed by atoms with E-state index in [1.807, 2.05) is 30.3 Å². The molecule has 142 valence electrons. The molecule has 1 aromatic heterocycles. The van der Waals surface area contributed by atoms with Crippen molar-refractivity contribution < 1.29 is 14.1 Å². The summed E-state index contributed by atoms with van der Waals surface area (Å²) in [5.41, 5.74) is 1.15. The molecule has 9 heteroatoms. The SMILES string of the molecule is C=CCN(C(=O)CSc1nnc(-c2cccc([N+](=O)[O-])c2)o1)c1ccccc1. The summed E-state index contributed by atoms with van der Waals surface area (Å²) >= 11 is 1.10. The first-order chi connectivity index (χ1) is 13.6. The molecule has 0 fully saturated rings. The normalized spacial score (nSPS) is 10.4. The van der Waals surface area contributed by atoms with E-state index in [4.69, 9.17) is 4.42 Å². The molecule has 0 unspecified atom stereocenters. The summed E-state index contributed by atoms with van der Waals surface area (Å²) in [6.07, 6.45) is 1.66. The third-order valence-electron chi connectivity index (χ3n) is 3.71. The number of rotatable bonds is 8. The maximum absolute atomic E-state index is 12.6. The molecule has 1 amide bonds. The van der Waals surface area contributed by atoms with Crippen molar-refractivity contribution in [2.75, 3.05) is 17.2 Å². The lowest BCUT2D eigenvalue weighted by Gasteiger charge is -2.20. The molecule has 0 aliphatic carbocycles. The number of para-hydroxylation sites is 1. The zero-order chi connectivity index (χ0) is 19.9. The van der Waals surface area contributed by atoms with Crippen LogP contribution in [0.5, 0.6) is 0 Å². The second-order valence-corrected chi connectivity index (χ2v) is 6.52. The van der Waals surface area contributed by atoms with Crippen molar-refractivity contribution >= 4 is 29.0 Å². The van der Waals surface area contributed by atoms with E-state index < -0.39 is 4.92 Å². The first-order valence-electron chi connectivity index (χ1n) is 8.26. The van der Waals surface area contributed by atoms with Crippen molar-refractivity contribution in [1.82, 2.24) is 10.2 Å². The number of carbonyl (C=O) groups is 1. The van der Waals surface area contributed by atoms with Crippen molar-refractivity contribution in [1.29, 1.82) is 0 Å². The topological polar surface area (TPSA) is 102 Å². The van der Waals surface area contributed by atoms with Crippen LogP contribution in [0.4, 0.5) is 11.4 Å². The van der Waals surface area contributed by atoms with Gasteiger partial charge in [0.25, 0.3) is 10.9 Å². The lowest BCUT2D eigenvalue weighted by Crippen LogP contribution is -2.32. The number of amides is 1. The van der Waals surface area contributed by atoms with Crippen LogP contribution in [0.15, 0.2) is 76.9 Å². The number of nitro groups is 1. The molecular weight excluding hydrogens is 380 g/mol. The van der Waals surface area contributed by atoms with Crippen LogP contribution in [0, 0.1) is 10.1 Å². The number of hydrogen-bond acceptors (Lipinski definition) is 7. The zero-order valence-electron chi connectivity index (χ0n) is 14.7. The maximum Gasteiger partial charge on any atom is 0.277 e. The van der Waals surface area contributed by atoms with Gasteiger partial charge in [0.05, 0.1) is 10.7 Å². The minimum Gasteiger partial charge on any atom is -0.411 e. The van der Waals surface area contributed by atoms with E-state index in [1.54, 1.807) is 23.1 Å². The number of anilines is 1. The average Bonchev–Trinajstić information content (AvgIpc) is 3.20. The van der Waals surface area contributed by atoms with E-state index in [0.717, 1.165) is 17.4 Å². The van der Waals surface area contributed by atoms with Gasteiger partial charge in [0.1, 0.15) is 0 Å². The highest BCUT2D eigenvalue weighted by Gasteiger charge is 2.17. The zero-order valence-corrected chi connectivity index (χ0v) is 15.5. The number of nitro benzene ring substituents is 1. The summed E-state index contributed by atoms with van der Waals surface area (Å²) < 4.78 is 5.53. The lowest BCUT2D eigenvalue weighted by atomic mass is 10.2. The fourth-order valence-corrected chi connectivity index (χ4v) is 3.07. The number of hydrogen-bond donors (Lipinski definition) is 0. The van der Waals surface area contributed by atoms with E-state index >= 15 is 0 Å². The van der Waals surface area contributed by atoms with Gasteiger partial charge < -0.3 is 9.32 Å². The van der Waals surface area contributed by atoms with Crippen LogP contribution in [0.2, 0.25) is 0 Å². The Balaban J connectivity index is 1.68. The Morgan fingerprint density at radius 2 is 2.00 bits per heavy atom. The van der Waals surface area contributed by atoms with Gasteiger partial charge in [-0.1, -0.05) is 42.1 Å². The number of non-ortho nitro benzene ring substituents is 1. The van der Waals surface area contributed by atoms with E-state index in [2.05, 4.69) is 16.8 Å². The van der Waals surface area contributed by atoms with Gasteiger partial charge in [-0.3, -0.25) is 14.9 Å². The molecule has 0 aliphatic heterocycles. The van der Waals surface area contributed by atoms with Gasteiger partial charge in [-0.2, -0.15) is 0 Å². The van der Waals surface area contributed by atoms with Gasteiger partial charge in [0.2, 0.25) is 11.8 Å². The largest absolute Gasteiger partial charge is 0.411 e. The van der Waals surface area contributed by atoms with Crippen LogP contribution in [0.3, 0.4) is 0 Å². The number of thioether (sulfide) groups is 1. The molecule has 0 atom stereocenters. The Kier molecular flexibility index (Phi) is 6.18. The average molecular weight is 396 g/mol. The van der Waals surface area contributed by atoms with E-state index in [9.17, 15) is 14.9 Å². The van der Waals surface area contributed by atoms with Crippen LogP contribution in [-0.4, -0.2) is 33.3 Å². The third kappa shape index (κ3) is 4.63. The van der Waals surface area contributed by atoms with Crippen molar-refractivity contribution in [2.24, 2.45) is 0 Å². The molecule has 0 saturated carbocycles. The molecule has 0 N–H and O–H groups in total. The minimum absolute atomic E-state index is 0.0667. The van der Waals surface area contributed by atoms with Crippen LogP contribution >= 0.6 is 11.8 Å². The van der Waals surface area contributed by atoms with E-state index in [1.165, 1.54) is 12.1 Å². The number of benzene rings is 2. The van der Waals surface area contributed by atoms with Crippen molar-refractivity contribution in [3.63, 3.8) is 0 Å². The smallest absolute Gasteiger partial charge is 0.277 e. The molecule has 28 heavy (non-hydrogen) atoms. The summed E-state index contributed by atoms with van der Waals surface area (Å²) in [6.45, 7) is 4.07. The van der Waals surface area contributed by atoms with Gasteiger partial charge in [0, 0.05) is 29.9 Å². The molecule has 0 bridgehead atoms. The van der Waals surface area contributed by atoms with Crippen LogP contribution < -0.4 is 4.90 Å². The first-order valence-corrected chi connectivity index (χ1v) is 9.24. The predicted octanol–water partition coefficient (Wildman–Crippen LogP) is 3.96. The van der Waals surface area contributed by atoms with Crippen LogP contribution in [0.1, 0.15) is 0 Å². The second-order valence-electron chi connectivity index (χ2n) is 5.60. The fraction of sp³-hybridized carbons (Fsp3) is 0.105. The minimum atomic E-state index is -0.494. The Hall–Kier alpha value is -3.46. The van der Waals surface area contributed by atoms with Crippen molar-refractivity contribution in [3.05, 3.63) is 77.4 Å². The quantitative estimate of drug-likeness (QED) is 0.246. The fourth-order valence-electron chi connectivity index (χ4n) is 2.43. The van der Waals surface area contributed by atoms with E-state index in [0.29, 0.717) is 12.1 Å². The highest BCUT2D eigenvalue weighted by atomic mass is 32.2. The summed E-state index contributed by atoms with van der Waals surface area (Å²) in [7, 11) is 0. The van der Waals surface area contributed by atoms with Gasteiger partial charge in [-0.15, -0.1) is 16.8 Å². The molecule has 1 heterocycles.